The van der Waals surface area contributed by atoms with Gasteiger partial charge in [0.15, 0.2) is 0 Å². The summed E-state index contributed by atoms with van der Waals surface area (Å²) < 4.78 is 10.0. The van der Waals surface area contributed by atoms with Gasteiger partial charge in [-0.1, -0.05) is 27.2 Å². The van der Waals surface area contributed by atoms with Crippen molar-refractivity contribution in [3.05, 3.63) is 23.8 Å². The van der Waals surface area contributed by atoms with Crippen LogP contribution in [0.5, 0.6) is 11.5 Å². The zero-order valence-corrected chi connectivity index (χ0v) is 12.2. The molecule has 0 aromatic heterocycles. The number of hydrogen-bond acceptors (Lipinski definition) is 4. The maximum absolute atomic E-state index is 11.1. The van der Waals surface area contributed by atoms with Gasteiger partial charge in [0.25, 0.3) is 0 Å². The van der Waals surface area contributed by atoms with E-state index in [4.69, 9.17) is 4.74 Å². The Labute approximate surface area is 115 Å². The molecule has 4 heteroatoms. The van der Waals surface area contributed by atoms with E-state index < -0.39 is 0 Å². The monoisotopic (exact) mass is 268 g/mol. The van der Waals surface area contributed by atoms with E-state index in [0.29, 0.717) is 17.9 Å². The van der Waals surface area contributed by atoms with Gasteiger partial charge in [-0.25, -0.2) is 0 Å². The molecule has 108 valence electrons. The lowest BCUT2D eigenvalue weighted by Gasteiger charge is -2.08. The summed E-state index contributed by atoms with van der Waals surface area (Å²) in [6, 6.07) is 4.81. The molecule has 0 bridgehead atoms. The van der Waals surface area contributed by atoms with Crippen molar-refractivity contribution in [3.8, 4) is 11.5 Å². The summed E-state index contributed by atoms with van der Waals surface area (Å²) in [7, 11) is 1.34. The lowest BCUT2D eigenvalue weighted by atomic mass is 10.1. The predicted octanol–water partition coefficient (Wildman–Crippen LogP) is 3.31. The number of benzene rings is 1. The predicted molar refractivity (Wildman–Crippen MR) is 75.6 cm³/mol. The fraction of sp³-hybridized carbons (Fsp3) is 0.533. The fourth-order valence-corrected chi connectivity index (χ4v) is 1.40. The summed E-state index contributed by atoms with van der Waals surface area (Å²) in [4.78, 5) is 11.1. The molecule has 0 aliphatic carbocycles. The van der Waals surface area contributed by atoms with Crippen molar-refractivity contribution in [2.75, 3.05) is 13.7 Å². The molecule has 1 aromatic carbocycles. The first-order chi connectivity index (χ1) is 9.15. The van der Waals surface area contributed by atoms with Gasteiger partial charge in [0.1, 0.15) is 11.5 Å². The molecule has 0 saturated carbocycles. The lowest BCUT2D eigenvalue weighted by molar-refractivity contribution is -0.139. The Morgan fingerprint density at radius 2 is 1.95 bits per heavy atom. The average Bonchev–Trinajstić information content (AvgIpc) is 2.40. The van der Waals surface area contributed by atoms with Crippen LogP contribution in [0.25, 0.3) is 0 Å². The Morgan fingerprint density at radius 3 is 2.53 bits per heavy atom. The van der Waals surface area contributed by atoms with Crippen LogP contribution in [0.3, 0.4) is 0 Å². The third-order valence-corrected chi connectivity index (χ3v) is 2.29. The number of phenols is 1. The first-order valence-electron chi connectivity index (χ1n) is 6.68. The molecule has 0 heterocycles. The van der Waals surface area contributed by atoms with Crippen LogP contribution in [0, 0.1) is 0 Å². The molecular formula is C15H24O4. The summed E-state index contributed by atoms with van der Waals surface area (Å²) in [6.07, 6.45) is 2.14. The summed E-state index contributed by atoms with van der Waals surface area (Å²) >= 11 is 0. The quantitative estimate of drug-likeness (QED) is 0.635. The number of phenolic OH excluding ortho intramolecular Hbond substituents is 1. The molecule has 19 heavy (non-hydrogen) atoms. The number of carbonyl (C=O) groups excluding carboxylic acids is 1. The van der Waals surface area contributed by atoms with Gasteiger partial charge in [0, 0.05) is 6.07 Å². The van der Waals surface area contributed by atoms with E-state index in [-0.39, 0.29) is 18.1 Å². The van der Waals surface area contributed by atoms with Crippen LogP contribution in [0.2, 0.25) is 0 Å². The van der Waals surface area contributed by atoms with Crippen LogP contribution in [0.4, 0.5) is 0 Å². The number of carbonyl (C=O) groups is 1. The average molecular weight is 268 g/mol. The lowest BCUT2D eigenvalue weighted by Crippen LogP contribution is -2.05. The fourth-order valence-electron chi connectivity index (χ4n) is 1.40. The van der Waals surface area contributed by atoms with Gasteiger partial charge in [-0.3, -0.25) is 4.79 Å². The van der Waals surface area contributed by atoms with E-state index in [9.17, 15) is 9.90 Å². The number of methoxy groups -OCH3 is 1. The zero-order chi connectivity index (χ0) is 14.7. The van der Waals surface area contributed by atoms with Gasteiger partial charge < -0.3 is 14.6 Å². The minimum Gasteiger partial charge on any atom is -0.508 e. The van der Waals surface area contributed by atoms with Gasteiger partial charge in [-0.2, -0.15) is 0 Å². The normalized spacial score (nSPS) is 9.26. The molecule has 0 fully saturated rings. The minimum absolute atomic E-state index is 0.0953. The van der Waals surface area contributed by atoms with Crippen LogP contribution >= 0.6 is 0 Å². The van der Waals surface area contributed by atoms with Crippen LogP contribution in [0.15, 0.2) is 18.2 Å². The highest BCUT2D eigenvalue weighted by Crippen LogP contribution is 2.22. The number of esters is 1. The summed E-state index contributed by atoms with van der Waals surface area (Å²) in [5.74, 6) is 0.338. The summed E-state index contributed by atoms with van der Waals surface area (Å²) in [5, 5.41) is 9.50. The van der Waals surface area contributed by atoms with Crippen molar-refractivity contribution < 1.29 is 19.4 Å². The SMILES string of the molecule is CC.CCCCOc1cc(O)cc(CC(=O)OC)c1. The Bertz CT molecular complexity index is 374. The van der Waals surface area contributed by atoms with Crippen molar-refractivity contribution in [1.29, 1.82) is 0 Å². The number of hydrogen-bond donors (Lipinski definition) is 1. The smallest absolute Gasteiger partial charge is 0.309 e. The molecule has 1 N–H and O–H groups in total. The highest BCUT2D eigenvalue weighted by Gasteiger charge is 2.06. The first kappa shape index (κ1) is 17.3. The highest BCUT2D eigenvalue weighted by atomic mass is 16.5. The Kier molecular flexibility index (Phi) is 9.31. The number of aromatic hydroxyl groups is 1. The second-order valence-corrected chi connectivity index (χ2v) is 3.79. The van der Waals surface area contributed by atoms with Crippen molar-refractivity contribution in [2.24, 2.45) is 0 Å². The van der Waals surface area contributed by atoms with Crippen LogP contribution in [0.1, 0.15) is 39.2 Å². The maximum atomic E-state index is 11.1. The van der Waals surface area contributed by atoms with E-state index >= 15 is 0 Å². The molecule has 0 aliphatic heterocycles. The second-order valence-electron chi connectivity index (χ2n) is 3.79. The van der Waals surface area contributed by atoms with Crippen LogP contribution in [-0.4, -0.2) is 24.8 Å². The maximum Gasteiger partial charge on any atom is 0.309 e. The Hall–Kier alpha value is -1.71. The number of rotatable bonds is 6. The second kappa shape index (κ2) is 10.2. The van der Waals surface area contributed by atoms with E-state index in [1.165, 1.54) is 19.2 Å². The van der Waals surface area contributed by atoms with Gasteiger partial charge >= 0.3 is 5.97 Å². The highest BCUT2D eigenvalue weighted by molar-refractivity contribution is 5.72. The van der Waals surface area contributed by atoms with Gasteiger partial charge in [-0.15, -0.1) is 0 Å². The molecule has 4 nitrogen and oxygen atoms in total. The zero-order valence-electron chi connectivity index (χ0n) is 12.2. The van der Waals surface area contributed by atoms with Gasteiger partial charge in [0.2, 0.25) is 0 Å². The minimum atomic E-state index is -0.338. The Balaban J connectivity index is 0.00000154. The molecule has 1 rings (SSSR count). The molecule has 1 aromatic rings. The summed E-state index contributed by atoms with van der Waals surface area (Å²) in [5.41, 5.74) is 0.684. The standard InChI is InChI=1S/C13H18O4.C2H6/c1-3-4-5-17-12-7-10(6-11(14)9-12)8-13(15)16-2;1-2/h6-7,9,14H,3-5,8H2,1-2H3;1-2H3. The van der Waals surface area contributed by atoms with E-state index in [0.717, 1.165) is 12.8 Å². The van der Waals surface area contributed by atoms with Crippen molar-refractivity contribution in [3.63, 3.8) is 0 Å². The van der Waals surface area contributed by atoms with E-state index in [2.05, 4.69) is 11.7 Å². The van der Waals surface area contributed by atoms with Crippen molar-refractivity contribution >= 4 is 5.97 Å². The third-order valence-electron chi connectivity index (χ3n) is 2.29. The van der Waals surface area contributed by atoms with Crippen molar-refractivity contribution in [1.82, 2.24) is 0 Å². The number of ether oxygens (including phenoxy) is 2. The molecule has 0 aliphatic rings. The van der Waals surface area contributed by atoms with E-state index in [1.807, 2.05) is 13.8 Å². The molecule has 0 spiro atoms. The molecular weight excluding hydrogens is 244 g/mol. The van der Waals surface area contributed by atoms with Gasteiger partial charge in [0.05, 0.1) is 20.1 Å². The molecule has 0 amide bonds. The van der Waals surface area contributed by atoms with E-state index in [1.54, 1.807) is 6.07 Å². The Morgan fingerprint density at radius 1 is 1.26 bits per heavy atom. The molecule has 0 atom stereocenters. The molecule has 0 unspecified atom stereocenters. The molecule has 0 radical (unpaired) electrons. The van der Waals surface area contributed by atoms with Crippen LogP contribution in [-0.2, 0) is 16.0 Å². The first-order valence-corrected chi connectivity index (χ1v) is 6.68. The largest absolute Gasteiger partial charge is 0.508 e. The summed E-state index contributed by atoms with van der Waals surface area (Å²) in [6.45, 7) is 6.69. The van der Waals surface area contributed by atoms with Gasteiger partial charge in [-0.05, 0) is 24.1 Å². The number of unbranched alkanes of at least 4 members (excludes halogenated alkanes) is 1. The third kappa shape index (κ3) is 7.34. The molecule has 0 saturated heterocycles. The van der Waals surface area contributed by atoms with Crippen molar-refractivity contribution in [2.45, 2.75) is 40.0 Å². The topological polar surface area (TPSA) is 55.8 Å². The van der Waals surface area contributed by atoms with Crippen LogP contribution < -0.4 is 4.74 Å².